The van der Waals surface area contributed by atoms with Crippen LogP contribution in [0, 0.1) is 5.41 Å². The van der Waals surface area contributed by atoms with Crippen molar-refractivity contribution in [3.63, 3.8) is 0 Å². The summed E-state index contributed by atoms with van der Waals surface area (Å²) in [5, 5.41) is 5.30. The molecule has 1 aliphatic heterocycles. The summed E-state index contributed by atoms with van der Waals surface area (Å²) >= 11 is 0. The van der Waals surface area contributed by atoms with Crippen molar-refractivity contribution in [2.45, 2.75) is 98.4 Å². The predicted molar refractivity (Wildman–Crippen MR) is 134 cm³/mol. The summed E-state index contributed by atoms with van der Waals surface area (Å²) in [6, 6.07) is 7.22. The van der Waals surface area contributed by atoms with Gasteiger partial charge in [0.05, 0.1) is 5.52 Å². The largest absolute Gasteiger partial charge is 0.381 e. The van der Waals surface area contributed by atoms with Crippen LogP contribution in [-0.2, 0) is 5.41 Å². The Labute approximate surface area is 189 Å². The number of nitrogens with one attached hydrogen (secondary N) is 1. The van der Waals surface area contributed by atoms with E-state index in [0.29, 0.717) is 12.0 Å². The fourth-order valence-corrected chi connectivity index (χ4v) is 5.94. The molecule has 1 aliphatic carbocycles. The lowest BCUT2D eigenvalue weighted by molar-refractivity contribution is 0.387. The van der Waals surface area contributed by atoms with Crippen LogP contribution in [-0.4, -0.2) is 11.0 Å². The first-order valence-corrected chi connectivity index (χ1v) is 12.4. The highest BCUT2D eigenvalue weighted by Crippen LogP contribution is 2.53. The highest BCUT2D eigenvalue weighted by molar-refractivity contribution is 5.94. The number of hydrogen-bond acceptors (Lipinski definition) is 2. The van der Waals surface area contributed by atoms with Crippen LogP contribution in [0.5, 0.6) is 0 Å². The first-order valence-electron chi connectivity index (χ1n) is 12.4. The highest BCUT2D eigenvalue weighted by atomic mass is 15.0. The van der Waals surface area contributed by atoms with Crippen molar-refractivity contribution in [1.29, 1.82) is 0 Å². The number of pyridine rings is 1. The Morgan fingerprint density at radius 3 is 2.45 bits per heavy atom. The minimum absolute atomic E-state index is 0.0354. The number of rotatable bonds is 5. The molecule has 31 heavy (non-hydrogen) atoms. The van der Waals surface area contributed by atoms with Gasteiger partial charge in [-0.05, 0) is 72.4 Å². The van der Waals surface area contributed by atoms with Gasteiger partial charge in [0.25, 0.3) is 0 Å². The molecule has 2 unspecified atom stereocenters. The van der Waals surface area contributed by atoms with Crippen LogP contribution in [0.25, 0.3) is 16.6 Å². The van der Waals surface area contributed by atoms with Gasteiger partial charge in [0, 0.05) is 40.2 Å². The second-order valence-corrected chi connectivity index (χ2v) is 10.5. The van der Waals surface area contributed by atoms with E-state index in [1.165, 1.54) is 44.4 Å². The molecule has 1 N–H and O–H groups in total. The van der Waals surface area contributed by atoms with Gasteiger partial charge < -0.3 is 5.32 Å². The second-order valence-electron chi connectivity index (χ2n) is 10.5. The fraction of sp³-hybridized carbons (Fsp3) is 0.552. The minimum Gasteiger partial charge on any atom is -0.381 e. The Kier molecular flexibility index (Phi) is 5.56. The van der Waals surface area contributed by atoms with Crippen LogP contribution in [0.15, 0.2) is 41.6 Å². The molecule has 1 aromatic heterocycles. The van der Waals surface area contributed by atoms with Gasteiger partial charge in [-0.1, -0.05) is 60.6 Å². The highest BCUT2D eigenvalue weighted by Gasteiger charge is 2.43. The number of hydrogen-bond donors (Lipinski definition) is 1. The first-order chi connectivity index (χ1) is 14.7. The molecule has 2 heterocycles. The topological polar surface area (TPSA) is 24.9 Å². The molecule has 0 saturated carbocycles. The average Bonchev–Trinajstić information content (AvgIpc) is 2.79. The summed E-state index contributed by atoms with van der Waals surface area (Å²) < 4.78 is 0. The molecule has 0 amide bonds. The second kappa shape index (κ2) is 7.80. The molecule has 2 aromatic rings. The van der Waals surface area contributed by atoms with Gasteiger partial charge in [-0.25, -0.2) is 0 Å². The van der Waals surface area contributed by atoms with E-state index in [1.54, 1.807) is 0 Å². The van der Waals surface area contributed by atoms with Crippen LogP contribution in [0.3, 0.4) is 0 Å². The lowest BCUT2D eigenvalue weighted by Gasteiger charge is -2.46. The molecule has 0 radical (unpaired) electrons. The summed E-state index contributed by atoms with van der Waals surface area (Å²) in [5.41, 5.74) is 10.0. The maximum atomic E-state index is 4.91. The van der Waals surface area contributed by atoms with Gasteiger partial charge in [0.1, 0.15) is 0 Å². The summed E-state index contributed by atoms with van der Waals surface area (Å²) in [7, 11) is 0. The Bertz CT molecular complexity index is 1070. The molecule has 166 valence electrons. The summed E-state index contributed by atoms with van der Waals surface area (Å²) in [4.78, 5) is 4.91. The SMILES string of the molecule is CCC1NC2=C(C)/C(=C\C(C)(CC)CC)C(C)(C)c3cc4cccnc4c(c32)C1CC. The van der Waals surface area contributed by atoms with Crippen molar-refractivity contribution < 1.29 is 0 Å². The van der Waals surface area contributed by atoms with Gasteiger partial charge in [-0.2, -0.15) is 0 Å². The van der Waals surface area contributed by atoms with Crippen molar-refractivity contribution in [1.82, 2.24) is 10.3 Å². The summed E-state index contributed by atoms with van der Waals surface area (Å²) in [6.07, 6.45) is 9.14. The molecule has 2 nitrogen and oxygen atoms in total. The third-order valence-corrected chi connectivity index (χ3v) is 8.48. The molecule has 2 aliphatic rings. The normalized spacial score (nSPS) is 23.8. The van der Waals surface area contributed by atoms with Crippen molar-refractivity contribution in [3.05, 3.63) is 58.3 Å². The van der Waals surface area contributed by atoms with Crippen LogP contribution in [0.2, 0.25) is 0 Å². The maximum absolute atomic E-state index is 4.91. The maximum Gasteiger partial charge on any atom is 0.0744 e. The van der Waals surface area contributed by atoms with Gasteiger partial charge in [-0.3, -0.25) is 4.98 Å². The van der Waals surface area contributed by atoms with Gasteiger partial charge >= 0.3 is 0 Å². The molecule has 4 rings (SSSR count). The van der Waals surface area contributed by atoms with Crippen molar-refractivity contribution in [2.75, 3.05) is 0 Å². The lowest BCUT2D eigenvalue weighted by atomic mass is 9.62. The zero-order chi connectivity index (χ0) is 22.6. The molecular weight excluding hydrogens is 376 g/mol. The molecule has 2 atom stereocenters. The van der Waals surface area contributed by atoms with Crippen LogP contribution in [0.1, 0.15) is 104 Å². The molecule has 2 heteroatoms. The van der Waals surface area contributed by atoms with Crippen LogP contribution in [0.4, 0.5) is 0 Å². The van der Waals surface area contributed by atoms with E-state index in [1.807, 2.05) is 6.20 Å². The van der Waals surface area contributed by atoms with E-state index >= 15 is 0 Å². The molecular formula is C29H40N2. The monoisotopic (exact) mass is 416 g/mol. The molecule has 0 fully saturated rings. The molecule has 0 spiro atoms. The number of aromatic nitrogens is 1. The number of fused-ring (bicyclic) bond motifs is 2. The van der Waals surface area contributed by atoms with Gasteiger partial charge in [0.2, 0.25) is 0 Å². The Morgan fingerprint density at radius 1 is 1.13 bits per heavy atom. The zero-order valence-electron chi connectivity index (χ0n) is 20.8. The van der Waals surface area contributed by atoms with Crippen LogP contribution >= 0.6 is 0 Å². The van der Waals surface area contributed by atoms with E-state index in [4.69, 9.17) is 4.98 Å². The van der Waals surface area contributed by atoms with E-state index in [0.717, 1.165) is 25.7 Å². The van der Waals surface area contributed by atoms with E-state index in [2.05, 4.69) is 85.0 Å². The van der Waals surface area contributed by atoms with Crippen molar-refractivity contribution >= 4 is 16.6 Å². The number of nitrogens with zero attached hydrogens (tertiary/aromatic N) is 1. The number of allylic oxidation sites excluding steroid dienone is 3. The predicted octanol–water partition coefficient (Wildman–Crippen LogP) is 7.89. The Hall–Kier alpha value is -2.09. The fourth-order valence-electron chi connectivity index (χ4n) is 5.94. The summed E-state index contributed by atoms with van der Waals surface area (Å²) in [5.74, 6) is 0.492. The third-order valence-electron chi connectivity index (χ3n) is 8.48. The van der Waals surface area contributed by atoms with Crippen molar-refractivity contribution in [2.24, 2.45) is 5.41 Å². The van der Waals surface area contributed by atoms with Crippen LogP contribution < -0.4 is 5.32 Å². The van der Waals surface area contributed by atoms with Gasteiger partial charge in [0.15, 0.2) is 0 Å². The smallest absolute Gasteiger partial charge is 0.0744 e. The molecule has 0 bridgehead atoms. The third kappa shape index (κ3) is 3.25. The molecule has 0 saturated heterocycles. The van der Waals surface area contributed by atoms with E-state index in [9.17, 15) is 0 Å². The van der Waals surface area contributed by atoms with E-state index < -0.39 is 0 Å². The molecule has 1 aromatic carbocycles. The first kappa shape index (κ1) is 22.1. The van der Waals surface area contributed by atoms with Gasteiger partial charge in [-0.15, -0.1) is 0 Å². The quantitative estimate of drug-likeness (QED) is 0.536. The zero-order valence-corrected chi connectivity index (χ0v) is 20.8. The Balaban J connectivity index is 2.13. The average molecular weight is 417 g/mol. The van der Waals surface area contributed by atoms with Crippen molar-refractivity contribution in [3.8, 4) is 0 Å². The van der Waals surface area contributed by atoms with E-state index in [-0.39, 0.29) is 10.8 Å². The Morgan fingerprint density at radius 2 is 1.84 bits per heavy atom. The standard InChI is InChI=1S/C29H40N2/c1-9-20-23(10-2)31-26-18(5)22(17-29(8,11-3)12-4)28(6,7)21-16-19-14-13-15-30-27(19)24(20)25(21)26/h13-17,20,23,31H,9-12H2,1-8H3/b22-17+. The number of benzene rings is 1. The lowest BCUT2D eigenvalue weighted by Crippen LogP contribution is -2.43. The minimum atomic E-state index is -0.0354. The summed E-state index contributed by atoms with van der Waals surface area (Å²) in [6.45, 7) is 18.9.